The van der Waals surface area contributed by atoms with Gasteiger partial charge in [0.25, 0.3) is 0 Å². The van der Waals surface area contributed by atoms with Crippen molar-refractivity contribution >= 4 is 22.8 Å². The third-order valence-corrected chi connectivity index (χ3v) is 5.85. The number of hydrogen-bond acceptors (Lipinski definition) is 8. The van der Waals surface area contributed by atoms with Crippen molar-refractivity contribution in [3.63, 3.8) is 0 Å². The molecule has 0 saturated heterocycles. The summed E-state index contributed by atoms with van der Waals surface area (Å²) in [6.45, 7) is 0.999. The zero-order valence-corrected chi connectivity index (χ0v) is 18.9. The van der Waals surface area contributed by atoms with Crippen LogP contribution in [0.4, 0.5) is 19.1 Å². The van der Waals surface area contributed by atoms with E-state index >= 15 is 0 Å². The van der Waals surface area contributed by atoms with Crippen molar-refractivity contribution in [1.82, 2.24) is 20.1 Å². The van der Waals surface area contributed by atoms with Gasteiger partial charge in [0.15, 0.2) is 5.84 Å². The van der Waals surface area contributed by atoms with Gasteiger partial charge in [-0.2, -0.15) is 13.9 Å². The Morgan fingerprint density at radius 1 is 1.30 bits per heavy atom. The summed E-state index contributed by atoms with van der Waals surface area (Å²) < 4.78 is 58.6. The predicted octanol–water partition coefficient (Wildman–Crippen LogP) is 1.90. The van der Waals surface area contributed by atoms with Crippen LogP contribution in [0.15, 0.2) is 35.7 Å². The van der Waals surface area contributed by atoms with E-state index in [4.69, 9.17) is 11.7 Å². The Labute approximate surface area is 191 Å². The Kier molecular flexibility index (Phi) is 10.3. The second-order valence-electron chi connectivity index (χ2n) is 6.52. The third-order valence-electron chi connectivity index (χ3n) is 4.32. The molecular weight excluding hydrogens is 461 g/mol. The van der Waals surface area contributed by atoms with Crippen LogP contribution < -0.4 is 31.9 Å². The monoisotopic (exact) mass is 488 g/mol. The van der Waals surface area contributed by atoms with Gasteiger partial charge in [0, 0.05) is 35.8 Å². The van der Waals surface area contributed by atoms with Crippen LogP contribution in [0.25, 0.3) is 0 Å². The number of anilines is 1. The number of rotatable bonds is 10. The first-order chi connectivity index (χ1) is 15.9. The Morgan fingerprint density at radius 3 is 2.48 bits per heavy atom. The van der Waals surface area contributed by atoms with Crippen molar-refractivity contribution in [3.8, 4) is 5.75 Å². The lowest BCUT2D eigenvalue weighted by molar-refractivity contribution is -0.0500. The van der Waals surface area contributed by atoms with Crippen LogP contribution in [0.2, 0.25) is 0 Å². The smallest absolute Gasteiger partial charge is 0.387 e. The maximum absolute atomic E-state index is 14.6. The van der Waals surface area contributed by atoms with Gasteiger partial charge in [-0.1, -0.05) is 19.9 Å². The number of hydrazone groups is 1. The van der Waals surface area contributed by atoms with E-state index in [1.807, 2.05) is 13.8 Å². The van der Waals surface area contributed by atoms with E-state index in [-0.39, 0.29) is 34.9 Å². The Hall–Kier alpha value is -2.97. The van der Waals surface area contributed by atoms with Crippen molar-refractivity contribution in [2.24, 2.45) is 16.8 Å². The highest BCUT2D eigenvalue weighted by molar-refractivity contribution is 7.84. The van der Waals surface area contributed by atoms with Gasteiger partial charge in [-0.15, -0.1) is 0 Å². The number of benzene rings is 1. The number of aromatic nitrogens is 2. The van der Waals surface area contributed by atoms with Gasteiger partial charge in [-0.25, -0.2) is 29.1 Å². The molecule has 14 heteroatoms. The molecule has 10 nitrogen and oxygen atoms in total. The summed E-state index contributed by atoms with van der Waals surface area (Å²) in [4.78, 5) is 8.24. The topological polar surface area (TPSA) is 153 Å². The number of nitrogens with two attached hydrogens (primary N) is 2. The Bertz CT molecular complexity index is 945. The molecule has 2 atom stereocenters. The van der Waals surface area contributed by atoms with E-state index in [2.05, 4.69) is 35.3 Å². The van der Waals surface area contributed by atoms with Crippen molar-refractivity contribution in [2.45, 2.75) is 44.6 Å². The summed E-state index contributed by atoms with van der Waals surface area (Å²) in [7, 11) is -1.27. The van der Waals surface area contributed by atoms with E-state index in [9.17, 15) is 17.4 Å². The number of nitrogens with one attached hydrogen (secondary N) is 3. The van der Waals surface area contributed by atoms with E-state index in [0.717, 1.165) is 18.9 Å². The van der Waals surface area contributed by atoms with Crippen molar-refractivity contribution in [3.05, 3.63) is 47.5 Å². The van der Waals surface area contributed by atoms with E-state index in [0.29, 0.717) is 5.56 Å². The van der Waals surface area contributed by atoms with Crippen molar-refractivity contribution in [1.29, 1.82) is 0 Å². The highest BCUT2D eigenvalue weighted by atomic mass is 32.2. The number of amidine groups is 1. The van der Waals surface area contributed by atoms with Gasteiger partial charge in [-0.3, -0.25) is 0 Å². The number of ether oxygens (including phenoxy) is 1. The van der Waals surface area contributed by atoms with Crippen LogP contribution in [-0.4, -0.2) is 38.4 Å². The number of alkyl halides is 2. The summed E-state index contributed by atoms with van der Waals surface area (Å²) in [5.41, 5.74) is 2.84. The Balaban J connectivity index is 0.00000187. The SMILES string of the molecule is CC.N/N=C(\NN)c1cnc(NC(CNS(=O)C2CC2)c2ccc(OC(F)F)cc2F)nc1. The molecule has 2 aromatic rings. The molecule has 1 saturated carbocycles. The standard InChI is InChI=1S/C17H21F3N8O2S.C2H6/c18-13-5-10(30-16(19)20)1-4-12(13)14(8-25-31(29)11-2-3-11)26-17-23-6-9(7-24-17)15(27-21)28-22;1-2/h1,4-7,11,14,16,25H,2-3,8,21-22H2,(H,27,28)(H,23,24,26);1-2H3. The van der Waals surface area contributed by atoms with Gasteiger partial charge in [0.2, 0.25) is 5.95 Å². The van der Waals surface area contributed by atoms with E-state index in [1.165, 1.54) is 24.5 Å². The lowest BCUT2D eigenvalue weighted by Crippen LogP contribution is -2.32. The fourth-order valence-electron chi connectivity index (χ4n) is 2.65. The second-order valence-corrected chi connectivity index (χ2v) is 8.07. The van der Waals surface area contributed by atoms with Gasteiger partial charge in [0.1, 0.15) is 11.6 Å². The summed E-state index contributed by atoms with van der Waals surface area (Å²) in [5.74, 6) is 9.70. The molecule has 0 bridgehead atoms. The van der Waals surface area contributed by atoms with Crippen LogP contribution >= 0.6 is 0 Å². The molecular formula is C19H27F3N8O2S. The van der Waals surface area contributed by atoms with E-state index in [1.54, 1.807) is 0 Å². The third kappa shape index (κ3) is 7.83. The molecule has 1 aliphatic carbocycles. The normalized spacial score (nSPS) is 15.3. The average molecular weight is 489 g/mol. The molecule has 1 aromatic heterocycles. The molecule has 0 spiro atoms. The minimum Gasteiger partial charge on any atom is -0.435 e. The first-order valence-electron chi connectivity index (χ1n) is 10.1. The molecule has 1 aromatic carbocycles. The largest absolute Gasteiger partial charge is 0.435 e. The van der Waals surface area contributed by atoms with Gasteiger partial charge >= 0.3 is 6.61 Å². The number of hydrogen-bond donors (Lipinski definition) is 5. The van der Waals surface area contributed by atoms with E-state index < -0.39 is 29.5 Å². The summed E-state index contributed by atoms with van der Waals surface area (Å²) in [6, 6.07) is 2.62. The summed E-state index contributed by atoms with van der Waals surface area (Å²) in [5, 5.41) is 6.46. The van der Waals surface area contributed by atoms with Gasteiger partial charge < -0.3 is 21.3 Å². The van der Waals surface area contributed by atoms with Crippen LogP contribution in [0, 0.1) is 5.82 Å². The fourth-order valence-corrected chi connectivity index (χ4v) is 3.78. The molecule has 0 aliphatic heterocycles. The van der Waals surface area contributed by atoms with Crippen LogP contribution in [-0.2, 0) is 11.0 Å². The first-order valence-corrected chi connectivity index (χ1v) is 11.3. The molecule has 182 valence electrons. The predicted molar refractivity (Wildman–Crippen MR) is 120 cm³/mol. The molecule has 3 rings (SSSR count). The summed E-state index contributed by atoms with van der Waals surface area (Å²) >= 11 is 0. The second kappa shape index (κ2) is 12.9. The maximum atomic E-state index is 14.6. The molecule has 1 aliphatic rings. The van der Waals surface area contributed by atoms with Crippen LogP contribution in [0.1, 0.15) is 43.9 Å². The van der Waals surface area contributed by atoms with Gasteiger partial charge in [-0.05, 0) is 18.9 Å². The molecule has 33 heavy (non-hydrogen) atoms. The fraction of sp³-hybridized carbons (Fsp3) is 0.421. The molecule has 0 amide bonds. The highest BCUT2D eigenvalue weighted by Crippen LogP contribution is 2.27. The number of nitrogens with zero attached hydrogens (tertiary/aromatic N) is 3. The van der Waals surface area contributed by atoms with Crippen molar-refractivity contribution in [2.75, 3.05) is 11.9 Å². The molecule has 0 radical (unpaired) electrons. The number of hydrazine groups is 1. The first kappa shape index (κ1) is 26.3. The van der Waals surface area contributed by atoms with Gasteiger partial charge in [0.05, 0.1) is 22.6 Å². The average Bonchev–Trinajstić information content (AvgIpc) is 3.65. The van der Waals surface area contributed by atoms with Crippen LogP contribution in [0.5, 0.6) is 5.75 Å². The maximum Gasteiger partial charge on any atom is 0.387 e. The Morgan fingerprint density at radius 2 is 1.97 bits per heavy atom. The molecule has 7 N–H and O–H groups in total. The zero-order valence-electron chi connectivity index (χ0n) is 18.1. The molecule has 2 unspecified atom stereocenters. The number of halogens is 3. The lowest BCUT2D eigenvalue weighted by atomic mass is 10.1. The van der Waals surface area contributed by atoms with Crippen LogP contribution in [0.3, 0.4) is 0 Å². The minimum atomic E-state index is -3.07. The molecule has 1 heterocycles. The lowest BCUT2D eigenvalue weighted by Gasteiger charge is -2.21. The highest BCUT2D eigenvalue weighted by Gasteiger charge is 2.29. The minimum absolute atomic E-state index is 0.0695. The summed E-state index contributed by atoms with van der Waals surface area (Å²) in [6.07, 6.45) is 4.50. The van der Waals surface area contributed by atoms with Crippen molar-refractivity contribution < 1.29 is 22.1 Å². The molecule has 1 fully saturated rings. The quantitative estimate of drug-likeness (QED) is 0.147. The zero-order chi connectivity index (χ0) is 24.4.